The lowest BCUT2D eigenvalue weighted by Crippen LogP contribution is -1.68. The number of benzene rings is 2. The highest BCUT2D eigenvalue weighted by molar-refractivity contribution is 6.36. The first-order valence-corrected chi connectivity index (χ1v) is 4.56. The maximum Gasteiger partial charge on any atom is 0.0654 e. The molecule has 0 fully saturated rings. The van der Waals surface area contributed by atoms with Crippen LogP contribution in [0.4, 0.5) is 0 Å². The van der Waals surface area contributed by atoms with Crippen LogP contribution in [0.1, 0.15) is 5.48 Å². The van der Waals surface area contributed by atoms with Crippen molar-refractivity contribution < 1.29 is 5.48 Å². The number of aromatic nitrogens is 1. The Hall–Kier alpha value is -1.47. The van der Waals surface area contributed by atoms with E-state index in [9.17, 15) is 0 Å². The van der Waals surface area contributed by atoms with E-state index in [0.717, 1.165) is 0 Å². The Labute approximate surface area is 91.9 Å². The van der Waals surface area contributed by atoms with Crippen LogP contribution in [0.5, 0.6) is 0 Å². The quantitative estimate of drug-likeness (QED) is 0.572. The zero-order valence-corrected chi connectivity index (χ0v) is 7.87. The molecule has 0 spiro atoms. The molecule has 3 rings (SSSR count). The molecule has 1 N–H and O–H groups in total. The first-order chi connectivity index (χ1) is 8.52. The van der Waals surface area contributed by atoms with Crippen LogP contribution in [0, 0.1) is 0 Å². The fourth-order valence-corrected chi connectivity index (χ4v) is 1.81. The molecule has 3 aromatic rings. The first-order valence-electron chi connectivity index (χ1n) is 6.18. The Kier molecular flexibility index (Phi) is 0.956. The summed E-state index contributed by atoms with van der Waals surface area (Å²) in [5.74, 6) is 0. The molecule has 0 unspecified atom stereocenters. The number of halogens is 1. The molecule has 0 radical (unpaired) electrons. The molecule has 2 heteroatoms. The Morgan fingerprint density at radius 3 is 2.93 bits per heavy atom. The molecule has 68 valence electrons. The van der Waals surface area contributed by atoms with Gasteiger partial charge in [-0.1, -0.05) is 41.9 Å². The first kappa shape index (κ1) is 4.85. The van der Waals surface area contributed by atoms with E-state index in [-0.39, 0.29) is 24.2 Å². The van der Waals surface area contributed by atoms with Crippen LogP contribution in [-0.2, 0) is 0 Å². The van der Waals surface area contributed by atoms with Gasteiger partial charge in [-0.2, -0.15) is 0 Å². The van der Waals surface area contributed by atoms with Crippen molar-refractivity contribution in [3.05, 3.63) is 47.4 Å². The van der Waals surface area contributed by atoms with Crippen molar-refractivity contribution >= 4 is 33.4 Å². The van der Waals surface area contributed by atoms with Crippen LogP contribution in [0.15, 0.2) is 42.4 Å². The van der Waals surface area contributed by atoms with Crippen LogP contribution in [0.25, 0.3) is 21.8 Å². The van der Waals surface area contributed by atoms with Gasteiger partial charge in [0.2, 0.25) is 0 Å². The Morgan fingerprint density at radius 2 is 2.00 bits per heavy atom. The average Bonchev–Trinajstić information content (AvgIpc) is 2.75. The van der Waals surface area contributed by atoms with Crippen molar-refractivity contribution in [1.29, 1.82) is 0 Å². The number of H-pyrrole nitrogens is 1. The summed E-state index contributed by atoms with van der Waals surface area (Å²) in [5.41, 5.74) is 1.03. The maximum absolute atomic E-state index is 7.94. The summed E-state index contributed by atoms with van der Waals surface area (Å²) in [4.78, 5) is 2.98. The van der Waals surface area contributed by atoms with Gasteiger partial charge >= 0.3 is 0 Å². The molecule has 0 aliphatic rings. The van der Waals surface area contributed by atoms with Gasteiger partial charge in [0.25, 0.3) is 0 Å². The number of nitrogens with one attached hydrogen (secondary N) is 1. The summed E-state index contributed by atoms with van der Waals surface area (Å²) in [7, 11) is 0. The van der Waals surface area contributed by atoms with Gasteiger partial charge in [0.05, 0.1) is 16.0 Å². The minimum Gasteiger partial charge on any atom is -0.353 e. The number of hydrogen-bond acceptors (Lipinski definition) is 0. The zero-order chi connectivity index (χ0) is 13.0. The topological polar surface area (TPSA) is 15.8 Å². The summed E-state index contributed by atoms with van der Waals surface area (Å²) in [6, 6.07) is 4.69. The average molecular weight is 206 g/mol. The number of aromatic amines is 1. The third-order valence-corrected chi connectivity index (χ3v) is 2.54. The van der Waals surface area contributed by atoms with Gasteiger partial charge in [0.15, 0.2) is 0 Å². The molecule has 0 atom stereocenters. The molecule has 0 saturated carbocycles. The molecular weight excluding hydrogens is 194 g/mol. The summed E-state index contributed by atoms with van der Waals surface area (Å²) in [5, 5.41) is 1.70. The van der Waals surface area contributed by atoms with Gasteiger partial charge in [-0.3, -0.25) is 0 Å². The highest BCUT2D eigenvalue weighted by atomic mass is 35.5. The zero-order valence-electron chi connectivity index (χ0n) is 11.1. The van der Waals surface area contributed by atoms with Crippen LogP contribution in [0.2, 0.25) is 5.02 Å². The fraction of sp³-hybridized carbons (Fsp3) is 0. The summed E-state index contributed by atoms with van der Waals surface area (Å²) in [6.45, 7) is 0. The molecule has 0 bridgehead atoms. The molecule has 0 aliphatic carbocycles. The predicted molar refractivity (Wildman–Crippen MR) is 60.8 cm³/mol. The van der Waals surface area contributed by atoms with Gasteiger partial charge in [-0.05, 0) is 12.1 Å². The van der Waals surface area contributed by atoms with Gasteiger partial charge < -0.3 is 4.98 Å². The number of rotatable bonds is 0. The molecule has 1 nitrogen and oxygen atoms in total. The molecule has 0 amide bonds. The highest BCUT2D eigenvalue weighted by Crippen LogP contribution is 2.29. The summed E-state index contributed by atoms with van der Waals surface area (Å²) < 4.78 is 31.1. The normalized spacial score (nSPS) is 15.2. The minimum absolute atomic E-state index is 0.0421. The van der Waals surface area contributed by atoms with Crippen molar-refractivity contribution in [2.45, 2.75) is 0 Å². The van der Waals surface area contributed by atoms with Crippen LogP contribution < -0.4 is 0 Å². The molecule has 2 aromatic carbocycles. The van der Waals surface area contributed by atoms with Crippen LogP contribution in [0.3, 0.4) is 0 Å². The van der Waals surface area contributed by atoms with E-state index in [4.69, 9.17) is 17.1 Å². The summed E-state index contributed by atoms with van der Waals surface area (Å²) >= 11 is 6.07. The third kappa shape index (κ3) is 0.962. The molecule has 1 aromatic heterocycles. The smallest absolute Gasteiger partial charge is 0.0654 e. The number of hydrogen-bond donors (Lipinski definition) is 1. The second-order valence-electron chi connectivity index (χ2n) is 3.04. The van der Waals surface area contributed by atoms with Crippen molar-refractivity contribution in [3.8, 4) is 0 Å². The predicted octanol–water partition coefficient (Wildman–Crippen LogP) is 3.97. The second kappa shape index (κ2) is 2.76. The third-order valence-electron chi connectivity index (χ3n) is 2.22. The molecular formula is C12H8ClN. The van der Waals surface area contributed by atoms with Crippen molar-refractivity contribution in [2.75, 3.05) is 0 Å². The van der Waals surface area contributed by atoms with Crippen molar-refractivity contribution in [3.63, 3.8) is 0 Å². The largest absolute Gasteiger partial charge is 0.353 e. The maximum atomic E-state index is 7.94. The Bertz CT molecular complexity index is 794. The Morgan fingerprint density at radius 1 is 1.14 bits per heavy atom. The van der Waals surface area contributed by atoms with Gasteiger partial charge in [-0.25, -0.2) is 0 Å². The van der Waals surface area contributed by atoms with Gasteiger partial charge in [0, 0.05) is 16.3 Å². The second-order valence-corrected chi connectivity index (χ2v) is 3.44. The molecule has 1 heterocycles. The molecule has 0 saturated heterocycles. The molecule has 0 aliphatic heterocycles. The standard InChI is InChI=1S/C12H8ClN/c13-10-6-3-5-9-8-4-1-2-7-11(8)14-12(9)10/h1-7,14H/i1D,2D,4D,7D. The summed E-state index contributed by atoms with van der Waals surface area (Å²) in [6.07, 6.45) is 0. The molecule has 14 heavy (non-hydrogen) atoms. The van der Waals surface area contributed by atoms with E-state index >= 15 is 0 Å². The van der Waals surface area contributed by atoms with Crippen LogP contribution >= 0.6 is 11.6 Å². The van der Waals surface area contributed by atoms with E-state index in [1.54, 1.807) is 18.2 Å². The van der Waals surface area contributed by atoms with E-state index < -0.39 is 0 Å². The SMILES string of the molecule is [2H]c1c([2H])c([2H])c2c([nH]c3c(Cl)cccc32)c1[2H]. The van der Waals surface area contributed by atoms with Gasteiger partial charge in [0.1, 0.15) is 0 Å². The van der Waals surface area contributed by atoms with Gasteiger partial charge in [-0.15, -0.1) is 0 Å². The van der Waals surface area contributed by atoms with E-state index in [1.807, 2.05) is 0 Å². The number of para-hydroxylation sites is 2. The lowest BCUT2D eigenvalue weighted by atomic mass is 10.2. The van der Waals surface area contributed by atoms with E-state index in [2.05, 4.69) is 4.98 Å². The monoisotopic (exact) mass is 205 g/mol. The van der Waals surface area contributed by atoms with E-state index in [0.29, 0.717) is 26.8 Å². The Balaban J connectivity index is 2.67. The van der Waals surface area contributed by atoms with Crippen LogP contribution in [-0.4, -0.2) is 4.98 Å². The van der Waals surface area contributed by atoms with Crippen molar-refractivity contribution in [1.82, 2.24) is 4.98 Å². The van der Waals surface area contributed by atoms with E-state index in [1.165, 1.54) is 0 Å². The number of fused-ring (bicyclic) bond motifs is 3. The lowest BCUT2D eigenvalue weighted by molar-refractivity contribution is 1.55. The van der Waals surface area contributed by atoms with Crippen molar-refractivity contribution in [2.24, 2.45) is 0 Å². The fourth-order valence-electron chi connectivity index (χ4n) is 1.59. The highest BCUT2D eigenvalue weighted by Gasteiger charge is 2.04. The minimum atomic E-state index is -0.241. The lowest BCUT2D eigenvalue weighted by Gasteiger charge is -1.91.